The molecule has 0 aliphatic rings. The summed E-state index contributed by atoms with van der Waals surface area (Å²) >= 11 is 0. The number of likely N-dealkylation sites (N-methyl/N-ethyl adjacent to an activating group) is 1. The third-order valence-electron chi connectivity index (χ3n) is 4.18. The molecular formula is C20H25N3O4. The number of amides is 3. The van der Waals surface area contributed by atoms with E-state index < -0.39 is 18.0 Å². The summed E-state index contributed by atoms with van der Waals surface area (Å²) in [4.78, 5) is 26.2. The van der Waals surface area contributed by atoms with Crippen LogP contribution in [0.3, 0.4) is 0 Å². The Morgan fingerprint density at radius 2 is 1.78 bits per heavy atom. The Hall–Kier alpha value is -3.06. The highest BCUT2D eigenvalue weighted by Crippen LogP contribution is 2.28. The highest BCUT2D eigenvalue weighted by molar-refractivity contribution is 5.97. The summed E-state index contributed by atoms with van der Waals surface area (Å²) in [5.41, 5.74) is 1.68. The molecule has 0 aromatic heterocycles. The number of nitrogens with zero attached hydrogens (tertiary/aromatic N) is 1. The van der Waals surface area contributed by atoms with Gasteiger partial charge in [-0.25, -0.2) is 4.79 Å². The fourth-order valence-corrected chi connectivity index (χ4v) is 2.83. The van der Waals surface area contributed by atoms with Crippen molar-refractivity contribution >= 4 is 11.9 Å². The first-order valence-corrected chi connectivity index (χ1v) is 8.48. The van der Waals surface area contributed by atoms with Gasteiger partial charge in [-0.2, -0.15) is 0 Å². The van der Waals surface area contributed by atoms with Gasteiger partial charge in [-0.3, -0.25) is 15.0 Å². The number of carbonyl (C=O) groups excluding carboxylic acids is 2. The van der Waals surface area contributed by atoms with Crippen molar-refractivity contribution in [2.45, 2.75) is 12.6 Å². The molecule has 0 heterocycles. The van der Waals surface area contributed by atoms with Crippen molar-refractivity contribution in [2.75, 3.05) is 28.3 Å². The summed E-state index contributed by atoms with van der Waals surface area (Å²) in [6.45, 7) is 0.438. The van der Waals surface area contributed by atoms with Gasteiger partial charge in [0, 0.05) is 25.2 Å². The highest BCUT2D eigenvalue weighted by Gasteiger charge is 2.27. The molecule has 1 atom stereocenters. The molecule has 0 bridgehead atoms. The number of hydrogen-bond donors (Lipinski definition) is 2. The maximum atomic E-state index is 12.7. The van der Waals surface area contributed by atoms with E-state index in [1.54, 1.807) is 20.3 Å². The Balaban J connectivity index is 2.30. The summed E-state index contributed by atoms with van der Waals surface area (Å²) in [6, 6.07) is 13.7. The van der Waals surface area contributed by atoms with Crippen LogP contribution >= 0.6 is 0 Å². The maximum Gasteiger partial charge on any atom is 0.321 e. The largest absolute Gasteiger partial charge is 0.497 e. The summed E-state index contributed by atoms with van der Waals surface area (Å²) < 4.78 is 10.7. The third-order valence-corrected chi connectivity index (χ3v) is 4.18. The predicted molar refractivity (Wildman–Crippen MR) is 103 cm³/mol. The molecule has 2 aromatic rings. The van der Waals surface area contributed by atoms with E-state index >= 15 is 0 Å². The zero-order chi connectivity index (χ0) is 19.8. The lowest BCUT2D eigenvalue weighted by molar-refractivity contribution is -0.125. The van der Waals surface area contributed by atoms with Crippen molar-refractivity contribution in [1.82, 2.24) is 15.5 Å². The van der Waals surface area contributed by atoms with Gasteiger partial charge in [0.15, 0.2) is 0 Å². The molecule has 7 nitrogen and oxygen atoms in total. The van der Waals surface area contributed by atoms with Crippen LogP contribution in [0.4, 0.5) is 4.79 Å². The lowest BCUT2D eigenvalue weighted by Crippen LogP contribution is -2.44. The Labute approximate surface area is 159 Å². The minimum absolute atomic E-state index is 0.407. The minimum Gasteiger partial charge on any atom is -0.497 e. The Morgan fingerprint density at radius 3 is 2.37 bits per heavy atom. The number of rotatable bonds is 7. The molecule has 27 heavy (non-hydrogen) atoms. The van der Waals surface area contributed by atoms with Crippen LogP contribution in [0.25, 0.3) is 0 Å². The second-order valence-electron chi connectivity index (χ2n) is 5.97. The number of hydrogen-bond acceptors (Lipinski definition) is 5. The second kappa shape index (κ2) is 9.59. The lowest BCUT2D eigenvalue weighted by atomic mass is 10.0. The van der Waals surface area contributed by atoms with E-state index in [1.807, 2.05) is 54.4 Å². The molecule has 0 fully saturated rings. The van der Waals surface area contributed by atoms with Crippen LogP contribution in [0.5, 0.6) is 11.5 Å². The topological polar surface area (TPSA) is 79.9 Å². The molecular weight excluding hydrogens is 346 g/mol. The molecule has 0 unspecified atom stereocenters. The van der Waals surface area contributed by atoms with Gasteiger partial charge < -0.3 is 14.8 Å². The number of carbonyl (C=O) groups is 2. The minimum atomic E-state index is -0.643. The first-order chi connectivity index (χ1) is 13.0. The van der Waals surface area contributed by atoms with Crippen LogP contribution in [-0.4, -0.2) is 45.2 Å². The van der Waals surface area contributed by atoms with Gasteiger partial charge >= 0.3 is 6.03 Å². The molecule has 144 valence electrons. The quantitative estimate of drug-likeness (QED) is 0.781. The van der Waals surface area contributed by atoms with E-state index in [2.05, 4.69) is 10.6 Å². The Morgan fingerprint density at radius 1 is 1.07 bits per heavy atom. The van der Waals surface area contributed by atoms with Gasteiger partial charge in [0.25, 0.3) is 0 Å². The van der Waals surface area contributed by atoms with E-state index in [1.165, 1.54) is 7.05 Å². The SMILES string of the molecule is CNC(=O)NC(=O)[C@@H](c1ccccc1)N(C)Cc1ccc(OC)cc1OC. The number of urea groups is 1. The lowest BCUT2D eigenvalue weighted by Gasteiger charge is -2.28. The van der Waals surface area contributed by atoms with Crippen LogP contribution in [0, 0.1) is 0 Å². The molecule has 0 radical (unpaired) electrons. The van der Waals surface area contributed by atoms with Crippen LogP contribution in [0.1, 0.15) is 17.2 Å². The summed E-state index contributed by atoms with van der Waals surface area (Å²) in [5.74, 6) is 0.950. The maximum absolute atomic E-state index is 12.7. The molecule has 7 heteroatoms. The third kappa shape index (κ3) is 5.21. The van der Waals surface area contributed by atoms with Gasteiger partial charge in [-0.1, -0.05) is 36.4 Å². The summed E-state index contributed by atoms with van der Waals surface area (Å²) in [6.07, 6.45) is 0. The van der Waals surface area contributed by atoms with E-state index in [-0.39, 0.29) is 0 Å². The van der Waals surface area contributed by atoms with Crippen molar-refractivity contribution < 1.29 is 19.1 Å². The number of methoxy groups -OCH3 is 2. The average molecular weight is 371 g/mol. The first-order valence-electron chi connectivity index (χ1n) is 8.48. The van der Waals surface area contributed by atoms with E-state index in [9.17, 15) is 9.59 Å². The Bertz CT molecular complexity index is 780. The Kier molecular flexibility index (Phi) is 7.19. The van der Waals surface area contributed by atoms with Crippen molar-refractivity contribution in [3.63, 3.8) is 0 Å². The fourth-order valence-electron chi connectivity index (χ4n) is 2.83. The zero-order valence-electron chi connectivity index (χ0n) is 16.0. The van der Waals surface area contributed by atoms with E-state index in [4.69, 9.17) is 9.47 Å². The highest BCUT2D eigenvalue weighted by atomic mass is 16.5. The second-order valence-corrected chi connectivity index (χ2v) is 5.97. The monoisotopic (exact) mass is 371 g/mol. The van der Waals surface area contributed by atoms with Gasteiger partial charge in [0.05, 0.1) is 14.2 Å². The predicted octanol–water partition coefficient (Wildman–Crippen LogP) is 2.33. The van der Waals surface area contributed by atoms with Gasteiger partial charge in [-0.15, -0.1) is 0 Å². The standard InChI is InChI=1S/C20H25N3O4/c1-21-20(25)22-19(24)18(14-8-6-5-7-9-14)23(2)13-15-10-11-16(26-3)12-17(15)27-4/h5-12,18H,13H2,1-4H3,(H2,21,22,24,25)/t18-/m1/s1. The van der Waals surface area contributed by atoms with Crippen LogP contribution in [0.2, 0.25) is 0 Å². The van der Waals surface area contributed by atoms with Crippen LogP contribution in [0.15, 0.2) is 48.5 Å². The molecule has 2 rings (SSSR count). The first kappa shape index (κ1) is 20.3. The van der Waals surface area contributed by atoms with Crippen molar-refractivity contribution in [3.05, 3.63) is 59.7 Å². The molecule has 0 saturated heterocycles. The zero-order valence-corrected chi connectivity index (χ0v) is 16.0. The summed E-state index contributed by atoms with van der Waals surface area (Å²) in [7, 11) is 6.47. The molecule has 0 saturated carbocycles. The normalized spacial score (nSPS) is 11.6. The van der Waals surface area contributed by atoms with E-state index in [0.717, 1.165) is 11.1 Å². The molecule has 0 aliphatic heterocycles. The number of imide groups is 1. The molecule has 0 spiro atoms. The van der Waals surface area contributed by atoms with Gasteiger partial charge in [0.2, 0.25) is 5.91 Å². The van der Waals surface area contributed by atoms with Crippen molar-refractivity contribution in [1.29, 1.82) is 0 Å². The van der Waals surface area contributed by atoms with Gasteiger partial charge in [-0.05, 0) is 18.7 Å². The molecule has 2 N–H and O–H groups in total. The molecule has 3 amide bonds. The summed E-state index contributed by atoms with van der Waals surface area (Å²) in [5, 5.41) is 4.76. The van der Waals surface area contributed by atoms with E-state index in [0.29, 0.717) is 18.0 Å². The number of ether oxygens (including phenoxy) is 2. The van der Waals surface area contributed by atoms with Crippen molar-refractivity contribution in [2.24, 2.45) is 0 Å². The average Bonchev–Trinajstić information content (AvgIpc) is 2.69. The van der Waals surface area contributed by atoms with Crippen molar-refractivity contribution in [3.8, 4) is 11.5 Å². The molecule has 0 aliphatic carbocycles. The van der Waals surface area contributed by atoms with Crippen LogP contribution in [-0.2, 0) is 11.3 Å². The number of nitrogens with one attached hydrogen (secondary N) is 2. The smallest absolute Gasteiger partial charge is 0.321 e. The van der Waals surface area contributed by atoms with Crippen LogP contribution < -0.4 is 20.1 Å². The number of benzene rings is 2. The fraction of sp³-hybridized carbons (Fsp3) is 0.300. The molecule has 2 aromatic carbocycles. The van der Waals surface area contributed by atoms with Gasteiger partial charge in [0.1, 0.15) is 17.5 Å².